The number of amides is 1. The average Bonchev–Trinajstić information content (AvgIpc) is 2.96. The number of halogens is 1. The van der Waals surface area contributed by atoms with Gasteiger partial charge in [-0.15, -0.1) is 0 Å². The van der Waals surface area contributed by atoms with Gasteiger partial charge in [0.25, 0.3) is 5.91 Å². The van der Waals surface area contributed by atoms with Crippen LogP contribution < -0.4 is 5.32 Å². The van der Waals surface area contributed by atoms with Crippen molar-refractivity contribution in [2.24, 2.45) is 4.99 Å². The molecule has 0 spiro atoms. The Morgan fingerprint density at radius 2 is 1.72 bits per heavy atom. The molecule has 3 nitrogen and oxygen atoms in total. The third-order valence-corrected chi connectivity index (χ3v) is 5.03. The lowest BCUT2D eigenvalue weighted by Crippen LogP contribution is -2.19. The van der Waals surface area contributed by atoms with Gasteiger partial charge in [-0.3, -0.25) is 4.79 Å². The number of hydrogen-bond donors (Lipinski definition) is 1. The highest BCUT2D eigenvalue weighted by Gasteiger charge is 2.24. The van der Waals surface area contributed by atoms with Crippen LogP contribution in [0.5, 0.6) is 0 Å². The number of fused-ring (bicyclic) bond motifs is 1. The molecule has 0 radical (unpaired) electrons. The Morgan fingerprint density at radius 3 is 2.56 bits per heavy atom. The minimum absolute atomic E-state index is 0.149. The maximum atomic E-state index is 12.2. The number of nitrogens with one attached hydrogen (secondary N) is 1. The molecule has 0 saturated carbocycles. The van der Waals surface area contributed by atoms with Crippen LogP contribution in [0.15, 0.2) is 76.6 Å². The van der Waals surface area contributed by atoms with Gasteiger partial charge in [-0.2, -0.15) is 0 Å². The highest BCUT2D eigenvalue weighted by molar-refractivity contribution is 8.18. The Morgan fingerprint density at radius 1 is 0.960 bits per heavy atom. The van der Waals surface area contributed by atoms with Gasteiger partial charge in [0.2, 0.25) is 0 Å². The lowest BCUT2D eigenvalue weighted by atomic mass is 10.1. The maximum Gasteiger partial charge on any atom is 0.264 e. The molecule has 5 heteroatoms. The van der Waals surface area contributed by atoms with E-state index in [0.717, 1.165) is 10.9 Å². The second-order valence-corrected chi connectivity index (χ2v) is 6.98. The summed E-state index contributed by atoms with van der Waals surface area (Å²) in [6, 6.07) is 21.6. The SMILES string of the molecule is O=C1NC(=Nc2ccccc2Cl)SC1=Cc1ccc2ccccc2c1. The summed E-state index contributed by atoms with van der Waals surface area (Å²) in [5.74, 6) is -0.149. The summed E-state index contributed by atoms with van der Waals surface area (Å²) < 4.78 is 0. The summed E-state index contributed by atoms with van der Waals surface area (Å²) in [4.78, 5) is 17.3. The van der Waals surface area contributed by atoms with Gasteiger partial charge in [0.05, 0.1) is 15.6 Å². The van der Waals surface area contributed by atoms with Crippen LogP contribution in [0.25, 0.3) is 16.8 Å². The first-order valence-electron chi connectivity index (χ1n) is 7.72. The number of carbonyl (C=O) groups is 1. The van der Waals surface area contributed by atoms with E-state index in [1.54, 1.807) is 6.07 Å². The van der Waals surface area contributed by atoms with Crippen molar-refractivity contribution in [2.75, 3.05) is 0 Å². The number of thioether (sulfide) groups is 1. The fourth-order valence-electron chi connectivity index (χ4n) is 2.58. The molecule has 3 aromatic carbocycles. The van der Waals surface area contributed by atoms with Gasteiger partial charge in [-0.25, -0.2) is 4.99 Å². The van der Waals surface area contributed by atoms with Crippen molar-refractivity contribution in [3.63, 3.8) is 0 Å². The molecule has 0 atom stereocenters. The number of carbonyl (C=O) groups excluding carboxylic acids is 1. The molecule has 1 amide bonds. The molecule has 0 unspecified atom stereocenters. The molecule has 122 valence electrons. The van der Waals surface area contributed by atoms with Crippen LogP contribution >= 0.6 is 23.4 Å². The van der Waals surface area contributed by atoms with E-state index in [-0.39, 0.29) is 5.91 Å². The molecule has 0 aliphatic carbocycles. The summed E-state index contributed by atoms with van der Waals surface area (Å²) in [5, 5.41) is 6.19. The number of aliphatic imine (C=N–C) groups is 1. The smallest absolute Gasteiger partial charge is 0.264 e. The van der Waals surface area contributed by atoms with Gasteiger partial charge in [0, 0.05) is 0 Å². The third-order valence-electron chi connectivity index (χ3n) is 3.80. The van der Waals surface area contributed by atoms with Crippen molar-refractivity contribution in [2.45, 2.75) is 0 Å². The molecule has 1 N–H and O–H groups in total. The van der Waals surface area contributed by atoms with Crippen molar-refractivity contribution >= 4 is 57.0 Å². The van der Waals surface area contributed by atoms with Gasteiger partial charge in [0.15, 0.2) is 5.17 Å². The summed E-state index contributed by atoms with van der Waals surface area (Å²) in [6.07, 6.45) is 1.88. The number of hydrogen-bond acceptors (Lipinski definition) is 3. The third kappa shape index (κ3) is 3.45. The van der Waals surface area contributed by atoms with Crippen molar-refractivity contribution in [1.82, 2.24) is 5.32 Å². The zero-order valence-electron chi connectivity index (χ0n) is 13.1. The number of para-hydroxylation sites is 1. The van der Waals surface area contributed by atoms with E-state index in [9.17, 15) is 4.79 Å². The maximum absolute atomic E-state index is 12.2. The minimum atomic E-state index is -0.149. The van der Waals surface area contributed by atoms with Gasteiger partial charge < -0.3 is 5.32 Å². The van der Waals surface area contributed by atoms with Crippen LogP contribution in [0, 0.1) is 0 Å². The molecular formula is C20H13ClN2OS. The Bertz CT molecular complexity index is 1040. The zero-order valence-corrected chi connectivity index (χ0v) is 14.6. The van der Waals surface area contributed by atoms with Crippen LogP contribution in [0.2, 0.25) is 5.02 Å². The quantitative estimate of drug-likeness (QED) is 0.620. The number of rotatable bonds is 2. The van der Waals surface area contributed by atoms with Crippen LogP contribution in [0.3, 0.4) is 0 Å². The highest BCUT2D eigenvalue weighted by atomic mass is 35.5. The second kappa shape index (κ2) is 6.75. The molecule has 25 heavy (non-hydrogen) atoms. The monoisotopic (exact) mass is 364 g/mol. The van der Waals surface area contributed by atoms with Crippen molar-refractivity contribution in [1.29, 1.82) is 0 Å². The van der Waals surface area contributed by atoms with Gasteiger partial charge >= 0.3 is 0 Å². The average molecular weight is 365 g/mol. The fraction of sp³-hybridized carbons (Fsp3) is 0. The molecular weight excluding hydrogens is 352 g/mol. The van der Waals surface area contributed by atoms with Crippen LogP contribution in [0.1, 0.15) is 5.56 Å². The van der Waals surface area contributed by atoms with Crippen LogP contribution in [0.4, 0.5) is 5.69 Å². The topological polar surface area (TPSA) is 41.5 Å². The molecule has 1 aliphatic heterocycles. The molecule has 1 fully saturated rings. The highest BCUT2D eigenvalue weighted by Crippen LogP contribution is 2.31. The number of amidine groups is 1. The number of nitrogens with zero attached hydrogens (tertiary/aromatic N) is 1. The van der Waals surface area contributed by atoms with E-state index in [1.165, 1.54) is 17.1 Å². The van der Waals surface area contributed by atoms with Crippen molar-refractivity contribution < 1.29 is 4.79 Å². The summed E-state index contributed by atoms with van der Waals surface area (Å²) >= 11 is 7.43. The first-order chi connectivity index (χ1) is 12.2. The Balaban J connectivity index is 1.63. The van der Waals surface area contributed by atoms with Crippen molar-refractivity contribution in [3.05, 3.63) is 82.2 Å². The van der Waals surface area contributed by atoms with E-state index in [4.69, 9.17) is 11.6 Å². The first-order valence-corrected chi connectivity index (χ1v) is 8.91. The molecule has 4 rings (SSSR count). The van der Waals surface area contributed by atoms with E-state index < -0.39 is 0 Å². The fourth-order valence-corrected chi connectivity index (χ4v) is 3.59. The van der Waals surface area contributed by atoms with Crippen molar-refractivity contribution in [3.8, 4) is 0 Å². The van der Waals surface area contributed by atoms with Crippen LogP contribution in [-0.4, -0.2) is 11.1 Å². The van der Waals surface area contributed by atoms with Gasteiger partial charge in [-0.05, 0) is 52.4 Å². The predicted molar refractivity (Wildman–Crippen MR) is 106 cm³/mol. The minimum Gasteiger partial charge on any atom is -0.300 e. The first kappa shape index (κ1) is 15.9. The molecule has 3 aromatic rings. The molecule has 1 aliphatic rings. The molecule has 1 saturated heterocycles. The molecule has 0 aromatic heterocycles. The molecule has 0 bridgehead atoms. The molecule has 1 heterocycles. The summed E-state index contributed by atoms with van der Waals surface area (Å²) in [7, 11) is 0. The normalized spacial score (nSPS) is 17.4. The van der Waals surface area contributed by atoms with E-state index in [2.05, 4.69) is 34.6 Å². The lowest BCUT2D eigenvalue weighted by molar-refractivity contribution is -0.115. The van der Waals surface area contributed by atoms with Gasteiger partial charge in [-0.1, -0.05) is 60.1 Å². The van der Waals surface area contributed by atoms with E-state index >= 15 is 0 Å². The zero-order chi connectivity index (χ0) is 17.2. The van der Waals surface area contributed by atoms with E-state index in [0.29, 0.717) is 20.8 Å². The second-order valence-electron chi connectivity index (χ2n) is 5.54. The predicted octanol–water partition coefficient (Wildman–Crippen LogP) is 5.38. The Hall–Kier alpha value is -2.56. The standard InChI is InChI=1S/C20H13ClN2OS/c21-16-7-3-4-8-17(16)22-20-23-19(24)18(25-20)12-13-9-10-14-5-1-2-6-15(14)11-13/h1-12H,(H,22,23,24). The lowest BCUT2D eigenvalue weighted by Gasteiger charge is -2.00. The van der Waals surface area contributed by atoms with E-state index in [1.807, 2.05) is 42.5 Å². The number of benzene rings is 3. The summed E-state index contributed by atoms with van der Waals surface area (Å²) in [5.41, 5.74) is 1.62. The largest absolute Gasteiger partial charge is 0.300 e. The Labute approximate surface area is 154 Å². The summed E-state index contributed by atoms with van der Waals surface area (Å²) in [6.45, 7) is 0. The van der Waals surface area contributed by atoms with Gasteiger partial charge in [0.1, 0.15) is 0 Å². The Kier molecular flexibility index (Phi) is 4.30. The van der Waals surface area contributed by atoms with Crippen LogP contribution in [-0.2, 0) is 4.79 Å².